The molecule has 0 heterocycles. The van der Waals surface area contributed by atoms with Crippen molar-refractivity contribution in [2.24, 2.45) is 0 Å². The first-order valence-corrected chi connectivity index (χ1v) is 6.79. The molecule has 5 heteroatoms. The van der Waals surface area contributed by atoms with Gasteiger partial charge in [-0.2, -0.15) is 0 Å². The molecule has 2 aromatic rings. The average molecular weight is 288 g/mol. The zero-order chi connectivity index (χ0) is 15.2. The van der Waals surface area contributed by atoms with Gasteiger partial charge in [0.15, 0.2) is 0 Å². The Labute approximate surface area is 122 Å². The summed E-state index contributed by atoms with van der Waals surface area (Å²) >= 11 is 0. The topological polar surface area (TPSA) is 55.2 Å². The van der Waals surface area contributed by atoms with E-state index < -0.39 is 4.92 Å². The third-order valence-electron chi connectivity index (χ3n) is 3.38. The summed E-state index contributed by atoms with van der Waals surface area (Å²) in [6, 6.07) is 13.1. The number of hydrogen-bond acceptors (Lipinski definition) is 3. The standard InChI is InChI=1S/C16H17FN2O2/c1-12(15-4-2-3-5-16(15)17)18-11-10-13-6-8-14(9-7-13)19(20)21/h2-9,12,18H,10-11H2,1H3. The molecule has 1 N–H and O–H groups in total. The van der Waals surface area contributed by atoms with Crippen LogP contribution in [0.15, 0.2) is 48.5 Å². The summed E-state index contributed by atoms with van der Waals surface area (Å²) in [6.45, 7) is 2.58. The van der Waals surface area contributed by atoms with Gasteiger partial charge in [-0.1, -0.05) is 30.3 Å². The lowest BCUT2D eigenvalue weighted by Crippen LogP contribution is -2.22. The van der Waals surface area contributed by atoms with Crippen molar-refractivity contribution in [2.45, 2.75) is 19.4 Å². The maximum atomic E-state index is 13.6. The Bertz CT molecular complexity index is 614. The van der Waals surface area contributed by atoms with Crippen LogP contribution in [0.5, 0.6) is 0 Å². The van der Waals surface area contributed by atoms with E-state index >= 15 is 0 Å². The molecule has 0 spiro atoms. The number of nitrogens with one attached hydrogen (secondary N) is 1. The highest BCUT2D eigenvalue weighted by atomic mass is 19.1. The third-order valence-corrected chi connectivity index (χ3v) is 3.38. The lowest BCUT2D eigenvalue weighted by Gasteiger charge is -2.14. The molecule has 0 radical (unpaired) electrons. The van der Waals surface area contributed by atoms with Crippen LogP contribution in [0.2, 0.25) is 0 Å². The largest absolute Gasteiger partial charge is 0.310 e. The molecule has 21 heavy (non-hydrogen) atoms. The van der Waals surface area contributed by atoms with Gasteiger partial charge in [-0.25, -0.2) is 4.39 Å². The van der Waals surface area contributed by atoms with Crippen LogP contribution in [0.3, 0.4) is 0 Å². The minimum atomic E-state index is -0.414. The van der Waals surface area contributed by atoms with Crippen LogP contribution in [-0.4, -0.2) is 11.5 Å². The molecule has 0 aromatic heterocycles. The van der Waals surface area contributed by atoms with E-state index in [1.54, 1.807) is 24.3 Å². The molecular weight excluding hydrogens is 271 g/mol. The van der Waals surface area contributed by atoms with E-state index in [4.69, 9.17) is 0 Å². The van der Waals surface area contributed by atoms with Crippen molar-refractivity contribution in [3.05, 3.63) is 75.6 Å². The molecule has 0 amide bonds. The molecule has 110 valence electrons. The molecular formula is C16H17FN2O2. The van der Waals surface area contributed by atoms with E-state index in [9.17, 15) is 14.5 Å². The maximum Gasteiger partial charge on any atom is 0.269 e. The van der Waals surface area contributed by atoms with Crippen molar-refractivity contribution in [2.75, 3.05) is 6.54 Å². The van der Waals surface area contributed by atoms with Gasteiger partial charge in [0.05, 0.1) is 4.92 Å². The monoisotopic (exact) mass is 288 g/mol. The molecule has 0 saturated heterocycles. The highest BCUT2D eigenvalue weighted by Gasteiger charge is 2.09. The summed E-state index contributed by atoms with van der Waals surface area (Å²) in [5.74, 6) is -0.215. The smallest absolute Gasteiger partial charge is 0.269 e. The van der Waals surface area contributed by atoms with Crippen LogP contribution in [0.4, 0.5) is 10.1 Å². The Morgan fingerprint density at radius 2 is 1.86 bits per heavy atom. The first kappa shape index (κ1) is 15.1. The summed E-state index contributed by atoms with van der Waals surface area (Å²) in [5, 5.41) is 13.8. The Balaban J connectivity index is 1.86. The molecule has 0 bridgehead atoms. The van der Waals surface area contributed by atoms with Crippen LogP contribution in [0.1, 0.15) is 24.1 Å². The highest BCUT2D eigenvalue weighted by molar-refractivity contribution is 5.33. The Morgan fingerprint density at radius 1 is 1.19 bits per heavy atom. The Hall–Kier alpha value is -2.27. The third kappa shape index (κ3) is 4.10. The lowest BCUT2D eigenvalue weighted by atomic mass is 10.1. The molecule has 2 aromatic carbocycles. The van der Waals surface area contributed by atoms with Crippen LogP contribution >= 0.6 is 0 Å². The predicted molar refractivity (Wildman–Crippen MR) is 79.6 cm³/mol. The number of nitro benzene ring substituents is 1. The van der Waals surface area contributed by atoms with Crippen LogP contribution in [0, 0.1) is 15.9 Å². The van der Waals surface area contributed by atoms with Gasteiger partial charge >= 0.3 is 0 Å². The highest BCUT2D eigenvalue weighted by Crippen LogP contribution is 2.16. The number of nitrogens with zero attached hydrogens (tertiary/aromatic N) is 1. The fourth-order valence-electron chi connectivity index (χ4n) is 2.15. The van der Waals surface area contributed by atoms with Crippen molar-refractivity contribution in [3.63, 3.8) is 0 Å². The van der Waals surface area contributed by atoms with Crippen LogP contribution in [0.25, 0.3) is 0 Å². The molecule has 0 fully saturated rings. The number of rotatable bonds is 6. The number of halogens is 1. The molecule has 4 nitrogen and oxygen atoms in total. The van der Waals surface area contributed by atoms with E-state index in [0.29, 0.717) is 12.1 Å². The molecule has 1 atom stereocenters. The Morgan fingerprint density at radius 3 is 2.48 bits per heavy atom. The average Bonchev–Trinajstić information content (AvgIpc) is 2.48. The van der Waals surface area contributed by atoms with E-state index in [2.05, 4.69) is 5.32 Å². The summed E-state index contributed by atoms with van der Waals surface area (Å²) in [5.41, 5.74) is 1.74. The van der Waals surface area contributed by atoms with Gasteiger partial charge < -0.3 is 5.32 Å². The first-order chi connectivity index (χ1) is 10.1. The summed E-state index contributed by atoms with van der Waals surface area (Å²) in [4.78, 5) is 10.1. The van der Waals surface area contributed by atoms with Crippen molar-refractivity contribution < 1.29 is 9.31 Å². The first-order valence-electron chi connectivity index (χ1n) is 6.79. The van der Waals surface area contributed by atoms with Crippen molar-refractivity contribution in [1.82, 2.24) is 5.32 Å². The minimum Gasteiger partial charge on any atom is -0.310 e. The molecule has 0 aliphatic heterocycles. The van der Waals surface area contributed by atoms with E-state index in [-0.39, 0.29) is 17.5 Å². The molecule has 0 saturated carbocycles. The number of nitro groups is 1. The second-order valence-electron chi connectivity index (χ2n) is 4.87. The summed E-state index contributed by atoms with van der Waals surface area (Å²) < 4.78 is 13.6. The zero-order valence-corrected chi connectivity index (χ0v) is 11.8. The number of benzene rings is 2. The van der Waals surface area contributed by atoms with Gasteiger partial charge in [0.2, 0.25) is 0 Å². The van der Waals surface area contributed by atoms with Crippen molar-refractivity contribution in [1.29, 1.82) is 0 Å². The van der Waals surface area contributed by atoms with E-state index in [1.165, 1.54) is 18.2 Å². The number of non-ortho nitro benzene ring substituents is 1. The molecule has 1 unspecified atom stereocenters. The quantitative estimate of drug-likeness (QED) is 0.652. The van der Waals surface area contributed by atoms with Gasteiger partial charge in [0, 0.05) is 23.7 Å². The minimum absolute atomic E-state index is 0.0794. The van der Waals surface area contributed by atoms with Gasteiger partial charge in [-0.3, -0.25) is 10.1 Å². The SMILES string of the molecule is CC(NCCc1ccc([N+](=O)[O-])cc1)c1ccccc1F. The zero-order valence-electron chi connectivity index (χ0n) is 11.8. The maximum absolute atomic E-state index is 13.6. The molecule has 0 aliphatic rings. The molecule has 0 aliphatic carbocycles. The second kappa shape index (κ2) is 6.95. The number of hydrogen-bond donors (Lipinski definition) is 1. The predicted octanol–water partition coefficient (Wildman–Crippen LogP) is 3.63. The fourth-order valence-corrected chi connectivity index (χ4v) is 2.15. The Kier molecular flexibility index (Phi) is 5.00. The van der Waals surface area contributed by atoms with Gasteiger partial charge in [0.1, 0.15) is 5.82 Å². The van der Waals surface area contributed by atoms with Gasteiger partial charge in [-0.15, -0.1) is 0 Å². The normalized spacial score (nSPS) is 12.1. The summed E-state index contributed by atoms with van der Waals surface area (Å²) in [7, 11) is 0. The second-order valence-corrected chi connectivity index (χ2v) is 4.87. The van der Waals surface area contributed by atoms with Crippen molar-refractivity contribution in [3.8, 4) is 0 Å². The molecule has 2 rings (SSSR count). The lowest BCUT2D eigenvalue weighted by molar-refractivity contribution is -0.384. The van der Waals surface area contributed by atoms with Crippen LogP contribution in [-0.2, 0) is 6.42 Å². The van der Waals surface area contributed by atoms with Crippen LogP contribution < -0.4 is 5.32 Å². The van der Waals surface area contributed by atoms with Crippen molar-refractivity contribution >= 4 is 5.69 Å². The van der Waals surface area contributed by atoms with Gasteiger partial charge in [-0.05, 0) is 31.5 Å². The van der Waals surface area contributed by atoms with E-state index in [1.807, 2.05) is 13.0 Å². The summed E-state index contributed by atoms with van der Waals surface area (Å²) in [6.07, 6.45) is 0.733. The van der Waals surface area contributed by atoms with Gasteiger partial charge in [0.25, 0.3) is 5.69 Å². The fraction of sp³-hybridized carbons (Fsp3) is 0.250. The van der Waals surface area contributed by atoms with E-state index in [0.717, 1.165) is 12.0 Å².